The van der Waals surface area contributed by atoms with Crippen molar-refractivity contribution in [2.24, 2.45) is 22.2 Å². The summed E-state index contributed by atoms with van der Waals surface area (Å²) in [6, 6.07) is 0. The fourth-order valence-corrected chi connectivity index (χ4v) is 7.88. The van der Waals surface area contributed by atoms with Gasteiger partial charge in [-0.05, 0) is 66.0 Å². The number of esters is 1. The Kier molecular flexibility index (Phi) is 6.17. The van der Waals surface area contributed by atoms with Crippen LogP contribution in [0.15, 0.2) is 23.0 Å². The number of fused-ring (bicyclic) bond motifs is 3. The molecule has 3 aliphatic carbocycles. The molecular weight excluding hydrogens is 400 g/mol. The molecule has 0 bridgehead atoms. The smallest absolute Gasteiger partial charge is 0.337 e. The maximum Gasteiger partial charge on any atom is 0.337 e. The van der Waals surface area contributed by atoms with Crippen molar-refractivity contribution in [2.45, 2.75) is 112 Å². The second kappa shape index (κ2) is 7.78. The number of ether oxygens (including phenoxy) is 1. The van der Waals surface area contributed by atoms with Gasteiger partial charge in [0, 0.05) is 12.8 Å². The minimum Gasteiger partial charge on any atom is -0.546 e. The third-order valence-corrected chi connectivity index (χ3v) is 13.9. The number of rotatable bonds is 3. The summed E-state index contributed by atoms with van der Waals surface area (Å²) < 4.78 is 12.1. The molecule has 0 heterocycles. The van der Waals surface area contributed by atoms with Crippen molar-refractivity contribution in [2.75, 3.05) is 7.11 Å². The van der Waals surface area contributed by atoms with Crippen molar-refractivity contribution in [1.29, 1.82) is 0 Å². The zero-order valence-electron chi connectivity index (χ0n) is 21.8. The minimum absolute atomic E-state index is 0.0478. The molecule has 3 rings (SSSR count). The largest absolute Gasteiger partial charge is 0.546 e. The van der Waals surface area contributed by atoms with Crippen LogP contribution in [0.5, 0.6) is 0 Å². The number of methoxy groups -OCH3 is 1. The summed E-state index contributed by atoms with van der Waals surface area (Å²) in [5.41, 5.74) is 2.96. The molecule has 176 valence electrons. The van der Waals surface area contributed by atoms with Crippen LogP contribution in [0.2, 0.25) is 18.1 Å². The van der Waals surface area contributed by atoms with Crippen molar-refractivity contribution < 1.29 is 14.0 Å². The molecule has 0 amide bonds. The van der Waals surface area contributed by atoms with Crippen LogP contribution in [-0.4, -0.2) is 21.4 Å². The number of carbonyl (C=O) groups excluding carboxylic acids is 1. The first-order chi connectivity index (χ1) is 14.1. The third-order valence-electron chi connectivity index (χ3n) is 9.49. The van der Waals surface area contributed by atoms with Crippen LogP contribution in [0.1, 0.15) is 93.4 Å². The van der Waals surface area contributed by atoms with E-state index in [9.17, 15) is 4.79 Å². The Hall–Kier alpha value is -1.03. The molecule has 0 aromatic carbocycles. The lowest BCUT2D eigenvalue weighted by atomic mass is 9.45. The lowest BCUT2D eigenvalue weighted by Crippen LogP contribution is -2.50. The first kappa shape index (κ1) is 24.6. The molecule has 4 heteroatoms. The summed E-state index contributed by atoms with van der Waals surface area (Å²) in [5, 5.41) is 0.0851. The summed E-state index contributed by atoms with van der Waals surface area (Å²) in [6.07, 6.45) is 10.2. The molecule has 0 aliphatic heterocycles. The Morgan fingerprint density at radius 3 is 2.32 bits per heavy atom. The van der Waals surface area contributed by atoms with Crippen LogP contribution >= 0.6 is 0 Å². The van der Waals surface area contributed by atoms with Gasteiger partial charge in [-0.25, -0.2) is 4.79 Å². The van der Waals surface area contributed by atoms with Crippen LogP contribution in [-0.2, 0) is 14.0 Å². The van der Waals surface area contributed by atoms with Gasteiger partial charge >= 0.3 is 5.97 Å². The molecule has 0 radical (unpaired) electrons. The van der Waals surface area contributed by atoms with Gasteiger partial charge in [0.1, 0.15) is 0 Å². The molecular formula is C27H46O3Si. The van der Waals surface area contributed by atoms with Crippen LogP contribution in [0, 0.1) is 22.2 Å². The summed E-state index contributed by atoms with van der Waals surface area (Å²) in [5.74, 6) is 1.39. The van der Waals surface area contributed by atoms with Crippen molar-refractivity contribution in [1.82, 2.24) is 0 Å². The van der Waals surface area contributed by atoms with Crippen LogP contribution in [0.25, 0.3) is 0 Å². The van der Waals surface area contributed by atoms with E-state index in [1.54, 1.807) is 5.57 Å². The normalized spacial score (nSPS) is 33.6. The summed E-state index contributed by atoms with van der Waals surface area (Å²) in [6.45, 7) is 21.2. The van der Waals surface area contributed by atoms with Gasteiger partial charge in [0.15, 0.2) is 0 Å². The maximum atomic E-state index is 12.9. The van der Waals surface area contributed by atoms with Gasteiger partial charge in [0.2, 0.25) is 8.32 Å². The van der Waals surface area contributed by atoms with Crippen molar-refractivity contribution >= 4 is 14.3 Å². The SMILES string of the molecule is COC(=O)C1=C(O[Si](C)(C)C(C)(C)C)C[C@@]2(C)CC[C@H]3C(C)(C)CCC[C@]3(C)C2=CC1. The number of hydrogen-bond donors (Lipinski definition) is 0. The number of hydrogen-bond acceptors (Lipinski definition) is 3. The van der Waals surface area contributed by atoms with Gasteiger partial charge in [-0.1, -0.05) is 66.5 Å². The van der Waals surface area contributed by atoms with E-state index >= 15 is 0 Å². The first-order valence-corrected chi connectivity index (χ1v) is 15.2. The molecule has 2 saturated carbocycles. The average molecular weight is 447 g/mol. The molecule has 0 aromatic heterocycles. The van der Waals surface area contributed by atoms with Gasteiger partial charge in [-0.2, -0.15) is 0 Å². The topological polar surface area (TPSA) is 35.5 Å². The summed E-state index contributed by atoms with van der Waals surface area (Å²) >= 11 is 0. The molecule has 0 saturated heterocycles. The van der Waals surface area contributed by atoms with Gasteiger partial charge in [0.25, 0.3) is 0 Å². The predicted molar refractivity (Wildman–Crippen MR) is 131 cm³/mol. The molecule has 31 heavy (non-hydrogen) atoms. The molecule has 2 fully saturated rings. The van der Waals surface area contributed by atoms with Crippen molar-refractivity contribution in [3.8, 4) is 0 Å². The third kappa shape index (κ3) is 4.18. The molecule has 0 N–H and O–H groups in total. The second-order valence-electron chi connectivity index (χ2n) is 13.2. The number of carbonyl (C=O) groups is 1. The zero-order chi connectivity index (χ0) is 23.5. The highest BCUT2D eigenvalue weighted by molar-refractivity contribution is 6.74. The molecule has 3 aliphatic rings. The van der Waals surface area contributed by atoms with E-state index in [1.807, 2.05) is 0 Å². The highest BCUT2D eigenvalue weighted by atomic mass is 28.4. The van der Waals surface area contributed by atoms with Crippen LogP contribution < -0.4 is 0 Å². The molecule has 3 nitrogen and oxygen atoms in total. The Balaban J connectivity index is 2.06. The first-order valence-electron chi connectivity index (χ1n) is 12.3. The molecule has 0 unspecified atom stereocenters. The van der Waals surface area contributed by atoms with E-state index in [2.05, 4.69) is 67.6 Å². The van der Waals surface area contributed by atoms with Gasteiger partial charge in [0.05, 0.1) is 18.4 Å². The lowest BCUT2D eigenvalue weighted by molar-refractivity contribution is -0.136. The van der Waals surface area contributed by atoms with Crippen LogP contribution in [0.4, 0.5) is 0 Å². The Morgan fingerprint density at radius 2 is 1.74 bits per heavy atom. The lowest BCUT2D eigenvalue weighted by Gasteiger charge is -2.59. The Labute approximate surface area is 192 Å². The fraction of sp³-hybridized carbons (Fsp3) is 0.815. The average Bonchev–Trinajstić information content (AvgIpc) is 2.75. The van der Waals surface area contributed by atoms with Gasteiger partial charge in [-0.15, -0.1) is 0 Å². The van der Waals surface area contributed by atoms with Gasteiger partial charge < -0.3 is 9.16 Å². The summed E-state index contributed by atoms with van der Waals surface area (Å²) in [7, 11) is -0.576. The monoisotopic (exact) mass is 446 g/mol. The second-order valence-corrected chi connectivity index (χ2v) is 17.9. The molecule has 3 atom stereocenters. The van der Waals surface area contributed by atoms with Gasteiger partial charge in [-0.3, -0.25) is 0 Å². The van der Waals surface area contributed by atoms with E-state index in [-0.39, 0.29) is 21.8 Å². The quantitative estimate of drug-likeness (QED) is 0.252. The zero-order valence-corrected chi connectivity index (χ0v) is 22.8. The van der Waals surface area contributed by atoms with E-state index in [4.69, 9.17) is 9.16 Å². The Morgan fingerprint density at radius 1 is 1.10 bits per heavy atom. The highest BCUT2D eigenvalue weighted by Gasteiger charge is 2.56. The minimum atomic E-state index is -2.07. The molecule has 0 spiro atoms. The van der Waals surface area contributed by atoms with Crippen molar-refractivity contribution in [3.05, 3.63) is 23.0 Å². The Bertz CT molecular complexity index is 798. The van der Waals surface area contributed by atoms with E-state index in [1.165, 1.54) is 39.2 Å². The van der Waals surface area contributed by atoms with E-state index < -0.39 is 8.32 Å². The predicted octanol–water partition coefficient (Wildman–Crippen LogP) is 7.79. The van der Waals surface area contributed by atoms with E-state index in [0.717, 1.165) is 17.8 Å². The number of allylic oxidation sites excluding steroid dienone is 3. The highest BCUT2D eigenvalue weighted by Crippen LogP contribution is 2.66. The fourth-order valence-electron chi connectivity index (χ4n) is 6.76. The molecule has 0 aromatic rings. The van der Waals surface area contributed by atoms with Crippen molar-refractivity contribution in [3.63, 3.8) is 0 Å². The standard InChI is InChI=1S/C27H46O3Si/c1-24(2,3)31(9,10)30-20-18-26(6)17-14-21-25(4,5)15-11-16-27(21,7)22(26)13-12-19(20)23(28)29-8/h13,21H,11-12,14-18H2,1-10H3/t21-,26+,27-/m0/s1. The maximum absolute atomic E-state index is 12.9. The van der Waals surface area contributed by atoms with Crippen LogP contribution in [0.3, 0.4) is 0 Å². The summed E-state index contributed by atoms with van der Waals surface area (Å²) in [4.78, 5) is 12.9. The van der Waals surface area contributed by atoms with E-state index in [0.29, 0.717) is 17.8 Å².